The molecule has 10 heteroatoms. The Morgan fingerprint density at radius 1 is 0.946 bits per heavy atom. The number of piperidine rings is 1. The molecule has 2 fully saturated rings. The van der Waals surface area contributed by atoms with Gasteiger partial charge in [0, 0.05) is 50.3 Å². The number of aromatic nitrogens is 2. The molecule has 3 aromatic rings. The quantitative estimate of drug-likeness (QED) is 0.525. The highest BCUT2D eigenvalue weighted by molar-refractivity contribution is 5.94. The number of likely N-dealkylation sites (tertiary alicyclic amines) is 1. The molecule has 0 unspecified atom stereocenters. The van der Waals surface area contributed by atoms with Gasteiger partial charge in [-0.15, -0.1) is 0 Å². The Hall–Kier alpha value is -4.08. The van der Waals surface area contributed by atoms with E-state index >= 15 is 0 Å². The van der Waals surface area contributed by atoms with Crippen LogP contribution in [0.25, 0.3) is 0 Å². The molecule has 3 heterocycles. The number of carbonyl (C=O) groups excluding carboxylic acids is 2. The number of ether oxygens (including phenoxy) is 1. The Morgan fingerprint density at radius 3 is 2.30 bits per heavy atom. The molecule has 2 amide bonds. The summed E-state index contributed by atoms with van der Waals surface area (Å²) in [6.45, 7) is 1.65. The van der Waals surface area contributed by atoms with Gasteiger partial charge in [0.2, 0.25) is 5.91 Å². The van der Waals surface area contributed by atoms with E-state index in [1.54, 1.807) is 42.7 Å². The lowest BCUT2D eigenvalue weighted by Gasteiger charge is -2.39. The molecule has 0 saturated carbocycles. The second-order valence-electron chi connectivity index (χ2n) is 9.27. The van der Waals surface area contributed by atoms with E-state index in [-0.39, 0.29) is 36.6 Å². The van der Waals surface area contributed by atoms with Crippen molar-refractivity contribution in [1.82, 2.24) is 15.1 Å². The first-order valence-electron chi connectivity index (χ1n) is 12.2. The fourth-order valence-electron chi connectivity index (χ4n) is 4.53. The summed E-state index contributed by atoms with van der Waals surface area (Å²) in [6.07, 6.45) is 4.04. The average Bonchev–Trinajstić information content (AvgIpc) is 2.90. The van der Waals surface area contributed by atoms with Crippen LogP contribution in [0.3, 0.4) is 0 Å². The zero-order valence-corrected chi connectivity index (χ0v) is 20.1. The van der Waals surface area contributed by atoms with Crippen LogP contribution in [0, 0.1) is 5.92 Å². The van der Waals surface area contributed by atoms with Crippen molar-refractivity contribution < 1.29 is 23.1 Å². The summed E-state index contributed by atoms with van der Waals surface area (Å²) < 4.78 is 35.2. The minimum Gasteiger partial charge on any atom is -0.490 e. The van der Waals surface area contributed by atoms with Crippen molar-refractivity contribution in [3.8, 4) is 5.75 Å². The summed E-state index contributed by atoms with van der Waals surface area (Å²) >= 11 is 0. The number of rotatable bonds is 7. The number of halogens is 2. The van der Waals surface area contributed by atoms with Crippen LogP contribution in [0.1, 0.15) is 18.4 Å². The molecule has 1 N–H and O–H groups in total. The highest BCUT2D eigenvalue weighted by Crippen LogP contribution is 2.32. The third-order valence-electron chi connectivity index (χ3n) is 6.74. The largest absolute Gasteiger partial charge is 0.490 e. The van der Waals surface area contributed by atoms with Crippen LogP contribution in [0.5, 0.6) is 5.75 Å². The van der Waals surface area contributed by atoms with Crippen molar-refractivity contribution >= 4 is 23.2 Å². The van der Waals surface area contributed by atoms with Crippen LogP contribution in [0.2, 0.25) is 0 Å². The third-order valence-corrected chi connectivity index (χ3v) is 6.74. The maximum Gasteiger partial charge on any atom is 0.349 e. The van der Waals surface area contributed by atoms with Crippen molar-refractivity contribution in [1.29, 1.82) is 0 Å². The van der Waals surface area contributed by atoms with Crippen LogP contribution >= 0.6 is 0 Å². The smallest absolute Gasteiger partial charge is 0.349 e. The first kappa shape index (κ1) is 24.6. The SMILES string of the molecule is O=C(Nc1ccc(OC2CCN(C(=O)C(F)(F)c3ccccc3)CC2)cc1)C1CN(c2ccnnc2)C1. The van der Waals surface area contributed by atoms with E-state index in [0.717, 1.165) is 5.69 Å². The molecule has 0 atom stereocenters. The zero-order chi connectivity index (χ0) is 25.8. The van der Waals surface area contributed by atoms with Crippen LogP contribution in [-0.2, 0) is 15.5 Å². The topological polar surface area (TPSA) is 87.7 Å². The molecule has 2 saturated heterocycles. The lowest BCUT2D eigenvalue weighted by atomic mass is 9.98. The van der Waals surface area contributed by atoms with Crippen LogP contribution in [0.15, 0.2) is 73.1 Å². The minimum atomic E-state index is -3.55. The van der Waals surface area contributed by atoms with Gasteiger partial charge < -0.3 is 19.9 Å². The summed E-state index contributed by atoms with van der Waals surface area (Å²) in [4.78, 5) is 28.3. The van der Waals surface area contributed by atoms with Crippen molar-refractivity contribution in [2.24, 2.45) is 5.92 Å². The molecule has 0 spiro atoms. The minimum absolute atomic E-state index is 0.0451. The number of nitrogens with one attached hydrogen (secondary N) is 1. The van der Waals surface area contributed by atoms with E-state index < -0.39 is 11.8 Å². The number of nitrogens with zero attached hydrogens (tertiary/aromatic N) is 4. The number of anilines is 2. The Kier molecular flexibility index (Phi) is 6.98. The van der Waals surface area contributed by atoms with E-state index in [4.69, 9.17) is 4.74 Å². The Labute approximate surface area is 213 Å². The molecule has 8 nitrogen and oxygen atoms in total. The molecule has 0 bridgehead atoms. The zero-order valence-electron chi connectivity index (χ0n) is 20.1. The Bertz CT molecular complexity index is 1210. The lowest BCUT2D eigenvalue weighted by molar-refractivity contribution is -0.160. The molecule has 192 valence electrons. The van der Waals surface area contributed by atoms with Crippen molar-refractivity contribution in [2.45, 2.75) is 24.9 Å². The van der Waals surface area contributed by atoms with Gasteiger partial charge in [0.1, 0.15) is 11.9 Å². The van der Waals surface area contributed by atoms with Gasteiger partial charge in [-0.05, 0) is 30.3 Å². The normalized spacial score (nSPS) is 16.7. The number of amides is 2. The summed E-state index contributed by atoms with van der Waals surface area (Å²) in [6, 6.07) is 16.1. The number of carbonyl (C=O) groups is 2. The van der Waals surface area contributed by atoms with Gasteiger partial charge in [0.15, 0.2) is 0 Å². The lowest BCUT2D eigenvalue weighted by Crippen LogP contribution is -2.52. The molecule has 0 radical (unpaired) electrons. The van der Waals surface area contributed by atoms with Gasteiger partial charge in [-0.3, -0.25) is 9.59 Å². The Balaban J connectivity index is 1.07. The highest BCUT2D eigenvalue weighted by Gasteiger charge is 2.44. The van der Waals surface area contributed by atoms with Gasteiger partial charge >= 0.3 is 5.92 Å². The first-order chi connectivity index (χ1) is 17.9. The number of hydrogen-bond acceptors (Lipinski definition) is 6. The van der Waals surface area contributed by atoms with Crippen LogP contribution < -0.4 is 15.0 Å². The molecule has 2 aliphatic rings. The predicted octanol–water partition coefficient (Wildman–Crippen LogP) is 3.71. The molecule has 1 aromatic heterocycles. The van der Waals surface area contributed by atoms with Gasteiger partial charge in [0.25, 0.3) is 5.91 Å². The molecule has 0 aliphatic carbocycles. The highest BCUT2D eigenvalue weighted by atomic mass is 19.3. The third kappa shape index (κ3) is 5.52. The molecule has 5 rings (SSSR count). The number of hydrogen-bond donors (Lipinski definition) is 1. The summed E-state index contributed by atoms with van der Waals surface area (Å²) in [5.41, 5.74) is 1.32. The van der Waals surface area contributed by atoms with Gasteiger partial charge in [-0.25, -0.2) is 0 Å². The summed E-state index contributed by atoms with van der Waals surface area (Å²) in [7, 11) is 0. The van der Waals surface area contributed by atoms with Gasteiger partial charge in [-0.1, -0.05) is 30.3 Å². The summed E-state index contributed by atoms with van der Waals surface area (Å²) in [5.74, 6) is -4.26. The second-order valence-corrected chi connectivity index (χ2v) is 9.27. The molecular formula is C27H27F2N5O3. The van der Waals surface area contributed by atoms with Gasteiger partial charge in [0.05, 0.1) is 24.0 Å². The van der Waals surface area contributed by atoms with Crippen molar-refractivity contribution in [2.75, 3.05) is 36.4 Å². The molecular weight excluding hydrogens is 480 g/mol. The molecule has 2 aliphatic heterocycles. The fourth-order valence-corrected chi connectivity index (χ4v) is 4.53. The van der Waals surface area contributed by atoms with E-state index in [2.05, 4.69) is 20.4 Å². The first-order valence-corrected chi connectivity index (χ1v) is 12.2. The average molecular weight is 508 g/mol. The maximum atomic E-state index is 14.6. The monoisotopic (exact) mass is 507 g/mol. The van der Waals surface area contributed by atoms with Gasteiger partial charge in [-0.2, -0.15) is 19.0 Å². The van der Waals surface area contributed by atoms with E-state index in [1.807, 2.05) is 6.07 Å². The molecule has 2 aromatic carbocycles. The van der Waals surface area contributed by atoms with Crippen molar-refractivity contribution in [3.63, 3.8) is 0 Å². The Morgan fingerprint density at radius 2 is 1.65 bits per heavy atom. The van der Waals surface area contributed by atoms with Crippen LogP contribution in [0.4, 0.5) is 20.2 Å². The predicted molar refractivity (Wildman–Crippen MR) is 133 cm³/mol. The van der Waals surface area contributed by atoms with E-state index in [0.29, 0.717) is 37.4 Å². The fraction of sp³-hybridized carbons (Fsp3) is 0.333. The standard InChI is InChI=1S/C27H27F2N5O3/c28-27(29,20-4-2-1-3-5-20)26(36)33-14-11-24(12-15-33)37-23-8-6-21(7-9-23)32-25(35)19-17-34(18-19)22-10-13-30-31-16-22/h1-10,13,16,19,24H,11-12,14-15,17-18H2,(H,32,35). The van der Waals surface area contributed by atoms with E-state index in [9.17, 15) is 18.4 Å². The molecule has 37 heavy (non-hydrogen) atoms. The number of alkyl halides is 2. The van der Waals surface area contributed by atoms with Crippen molar-refractivity contribution in [3.05, 3.63) is 78.6 Å². The second kappa shape index (κ2) is 10.5. The summed E-state index contributed by atoms with van der Waals surface area (Å²) in [5, 5.41) is 10.5. The number of benzene rings is 2. The maximum absolute atomic E-state index is 14.6. The van der Waals surface area contributed by atoms with E-state index in [1.165, 1.54) is 29.2 Å². The van der Waals surface area contributed by atoms with Crippen LogP contribution in [-0.4, -0.2) is 59.2 Å².